The fourth-order valence-electron chi connectivity index (χ4n) is 1.43. The molecule has 0 fully saturated rings. The van der Waals surface area contributed by atoms with Gasteiger partial charge in [0, 0.05) is 11.6 Å². The SMILES string of the molecule is C[C@@H](NC(=O)C(C)(C)C)C(=O)Nc1cnn(CC(F)(F)F)c1. The van der Waals surface area contributed by atoms with Crippen LogP contribution in [0.15, 0.2) is 12.4 Å². The van der Waals surface area contributed by atoms with Crippen molar-refractivity contribution in [1.29, 1.82) is 0 Å². The summed E-state index contributed by atoms with van der Waals surface area (Å²) < 4.78 is 37.3. The number of hydrogen-bond acceptors (Lipinski definition) is 3. The molecule has 0 aliphatic rings. The Morgan fingerprint density at radius 2 is 1.91 bits per heavy atom. The zero-order valence-corrected chi connectivity index (χ0v) is 12.8. The van der Waals surface area contributed by atoms with Crippen LogP contribution in [0.4, 0.5) is 18.9 Å². The van der Waals surface area contributed by atoms with E-state index in [2.05, 4.69) is 15.7 Å². The number of nitrogens with zero attached hydrogens (tertiary/aromatic N) is 2. The smallest absolute Gasteiger partial charge is 0.344 e. The van der Waals surface area contributed by atoms with Crippen LogP contribution in [0.3, 0.4) is 0 Å². The molecule has 0 spiro atoms. The zero-order valence-electron chi connectivity index (χ0n) is 12.8. The van der Waals surface area contributed by atoms with Gasteiger partial charge in [0.15, 0.2) is 0 Å². The number of carbonyl (C=O) groups is 2. The number of hydrogen-bond donors (Lipinski definition) is 2. The van der Waals surface area contributed by atoms with Crippen molar-refractivity contribution in [1.82, 2.24) is 15.1 Å². The molecule has 9 heteroatoms. The van der Waals surface area contributed by atoms with Crippen LogP contribution >= 0.6 is 0 Å². The van der Waals surface area contributed by atoms with E-state index in [0.29, 0.717) is 4.68 Å². The Hall–Kier alpha value is -2.06. The molecular weight excluding hydrogens is 301 g/mol. The highest BCUT2D eigenvalue weighted by molar-refractivity contribution is 5.97. The van der Waals surface area contributed by atoms with E-state index in [1.165, 1.54) is 6.92 Å². The van der Waals surface area contributed by atoms with Crippen molar-refractivity contribution in [3.63, 3.8) is 0 Å². The summed E-state index contributed by atoms with van der Waals surface area (Å²) in [5.41, 5.74) is -0.516. The molecule has 0 bridgehead atoms. The summed E-state index contributed by atoms with van der Waals surface area (Å²) in [6, 6.07) is -0.822. The van der Waals surface area contributed by atoms with E-state index in [-0.39, 0.29) is 11.6 Å². The molecule has 22 heavy (non-hydrogen) atoms. The molecule has 0 aromatic carbocycles. The molecule has 2 amide bonds. The maximum Gasteiger partial charge on any atom is 0.408 e. The van der Waals surface area contributed by atoms with Gasteiger partial charge in [-0.25, -0.2) is 0 Å². The van der Waals surface area contributed by atoms with E-state index >= 15 is 0 Å². The molecule has 124 valence electrons. The maximum atomic E-state index is 12.2. The second-order valence-electron chi connectivity index (χ2n) is 5.98. The molecule has 1 atom stereocenters. The van der Waals surface area contributed by atoms with Gasteiger partial charge in [-0.3, -0.25) is 14.3 Å². The van der Waals surface area contributed by atoms with Gasteiger partial charge >= 0.3 is 6.18 Å². The van der Waals surface area contributed by atoms with Crippen molar-refractivity contribution in [2.24, 2.45) is 5.41 Å². The monoisotopic (exact) mass is 320 g/mol. The largest absolute Gasteiger partial charge is 0.408 e. The molecule has 0 radical (unpaired) electrons. The van der Waals surface area contributed by atoms with E-state index in [4.69, 9.17) is 0 Å². The van der Waals surface area contributed by atoms with Crippen molar-refractivity contribution in [3.8, 4) is 0 Å². The molecule has 6 nitrogen and oxygen atoms in total. The fraction of sp³-hybridized carbons (Fsp3) is 0.615. The number of aromatic nitrogens is 2. The first-order valence-electron chi connectivity index (χ1n) is 6.59. The molecule has 0 saturated heterocycles. The van der Waals surface area contributed by atoms with E-state index in [9.17, 15) is 22.8 Å². The minimum Gasteiger partial charge on any atom is -0.344 e. The first-order valence-corrected chi connectivity index (χ1v) is 6.59. The molecule has 1 heterocycles. The average molecular weight is 320 g/mol. The predicted octanol–water partition coefficient (Wildman–Crippen LogP) is 1.93. The number of nitrogens with one attached hydrogen (secondary N) is 2. The summed E-state index contributed by atoms with van der Waals surface area (Å²) in [6.45, 7) is 5.36. The highest BCUT2D eigenvalue weighted by Crippen LogP contribution is 2.18. The lowest BCUT2D eigenvalue weighted by Gasteiger charge is -2.21. The standard InChI is InChI=1S/C13H19F3N4O2/c1-8(18-11(22)12(2,3)4)10(21)19-9-5-17-20(6-9)7-13(14,15)16/h5-6,8H,7H2,1-4H3,(H,18,22)(H,19,21)/t8-/m1/s1. The minimum absolute atomic E-state index is 0.131. The highest BCUT2D eigenvalue weighted by Gasteiger charge is 2.29. The third-order valence-electron chi connectivity index (χ3n) is 2.66. The summed E-state index contributed by atoms with van der Waals surface area (Å²) >= 11 is 0. The third kappa shape index (κ3) is 5.74. The van der Waals surface area contributed by atoms with Crippen LogP contribution in [0.25, 0.3) is 0 Å². The summed E-state index contributed by atoms with van der Waals surface area (Å²) in [5, 5.41) is 8.44. The van der Waals surface area contributed by atoms with Crippen LogP contribution in [0.5, 0.6) is 0 Å². The van der Waals surface area contributed by atoms with Gasteiger partial charge in [0.05, 0.1) is 11.9 Å². The molecule has 0 aliphatic carbocycles. The number of halogens is 3. The summed E-state index contributed by atoms with van der Waals surface area (Å²) in [7, 11) is 0. The lowest BCUT2D eigenvalue weighted by molar-refractivity contribution is -0.142. The molecule has 1 rings (SSSR count). The number of carbonyl (C=O) groups excluding carboxylic acids is 2. The van der Waals surface area contributed by atoms with Crippen LogP contribution in [0.1, 0.15) is 27.7 Å². The van der Waals surface area contributed by atoms with Crippen molar-refractivity contribution < 1.29 is 22.8 Å². The van der Waals surface area contributed by atoms with E-state index in [1.54, 1.807) is 20.8 Å². The van der Waals surface area contributed by atoms with Gasteiger partial charge in [0.25, 0.3) is 0 Å². The van der Waals surface area contributed by atoms with Gasteiger partial charge in [0.1, 0.15) is 12.6 Å². The van der Waals surface area contributed by atoms with Gasteiger partial charge in [-0.1, -0.05) is 20.8 Å². The van der Waals surface area contributed by atoms with Gasteiger partial charge in [-0.05, 0) is 6.92 Å². The lowest BCUT2D eigenvalue weighted by atomic mass is 9.95. The molecule has 2 N–H and O–H groups in total. The first kappa shape index (κ1) is 18.0. The number of alkyl halides is 3. The molecule has 1 aromatic rings. The Morgan fingerprint density at radius 3 is 2.41 bits per heavy atom. The number of anilines is 1. The highest BCUT2D eigenvalue weighted by atomic mass is 19.4. The third-order valence-corrected chi connectivity index (χ3v) is 2.66. The zero-order chi connectivity index (χ0) is 17.1. The van der Waals surface area contributed by atoms with Crippen LogP contribution in [0.2, 0.25) is 0 Å². The van der Waals surface area contributed by atoms with Crippen molar-refractivity contribution in [2.45, 2.75) is 46.5 Å². The predicted molar refractivity (Wildman–Crippen MR) is 74.0 cm³/mol. The lowest BCUT2D eigenvalue weighted by Crippen LogP contribution is -2.46. The van der Waals surface area contributed by atoms with Gasteiger partial charge < -0.3 is 10.6 Å². The second kappa shape index (κ2) is 6.37. The van der Waals surface area contributed by atoms with Crippen LogP contribution in [0, 0.1) is 5.41 Å². The number of amides is 2. The van der Waals surface area contributed by atoms with Crippen molar-refractivity contribution in [3.05, 3.63) is 12.4 Å². The van der Waals surface area contributed by atoms with Crippen LogP contribution in [-0.4, -0.2) is 33.8 Å². The average Bonchev–Trinajstić information content (AvgIpc) is 2.72. The summed E-state index contributed by atoms with van der Waals surface area (Å²) in [4.78, 5) is 23.6. The summed E-state index contributed by atoms with van der Waals surface area (Å²) in [6.07, 6.45) is -2.20. The molecule has 1 aromatic heterocycles. The van der Waals surface area contributed by atoms with Crippen LogP contribution in [-0.2, 0) is 16.1 Å². The van der Waals surface area contributed by atoms with Gasteiger partial charge in [0.2, 0.25) is 11.8 Å². The van der Waals surface area contributed by atoms with Crippen molar-refractivity contribution in [2.75, 3.05) is 5.32 Å². The molecular formula is C13H19F3N4O2. The van der Waals surface area contributed by atoms with Crippen LogP contribution < -0.4 is 10.6 Å². The quantitative estimate of drug-likeness (QED) is 0.890. The number of rotatable bonds is 4. The minimum atomic E-state index is -4.39. The molecule has 0 unspecified atom stereocenters. The Kier molecular flexibility index (Phi) is 5.21. The Labute approximate surface area is 126 Å². The Morgan fingerprint density at radius 1 is 1.32 bits per heavy atom. The first-order chi connectivity index (χ1) is 9.88. The molecule has 0 saturated carbocycles. The van der Waals surface area contributed by atoms with Crippen molar-refractivity contribution >= 4 is 17.5 Å². The normalized spacial score (nSPS) is 13.6. The Bertz CT molecular complexity index is 546. The van der Waals surface area contributed by atoms with E-state index in [1.807, 2.05) is 0 Å². The Balaban J connectivity index is 2.60. The van der Waals surface area contributed by atoms with E-state index < -0.39 is 30.1 Å². The fourth-order valence-corrected chi connectivity index (χ4v) is 1.43. The van der Waals surface area contributed by atoms with Gasteiger partial charge in [-0.15, -0.1) is 0 Å². The summed E-state index contributed by atoms with van der Waals surface area (Å²) in [5.74, 6) is -0.841. The van der Waals surface area contributed by atoms with E-state index in [0.717, 1.165) is 12.4 Å². The van der Waals surface area contributed by atoms with Gasteiger partial charge in [-0.2, -0.15) is 18.3 Å². The second-order valence-corrected chi connectivity index (χ2v) is 5.98. The molecule has 0 aliphatic heterocycles. The maximum absolute atomic E-state index is 12.2. The topological polar surface area (TPSA) is 76.0 Å².